The molecule has 0 aromatic carbocycles. The molecule has 5 heteroatoms. The van der Waals surface area contributed by atoms with Gasteiger partial charge < -0.3 is 15.8 Å². The number of esters is 1. The Hall–Kier alpha value is -1.23. The highest BCUT2D eigenvalue weighted by molar-refractivity contribution is 7.18. The summed E-state index contributed by atoms with van der Waals surface area (Å²) in [6.07, 6.45) is 7.76. The Labute approximate surface area is 129 Å². The molecule has 4 rings (SSSR count). The van der Waals surface area contributed by atoms with Crippen molar-refractivity contribution in [3.8, 4) is 0 Å². The van der Waals surface area contributed by atoms with Crippen molar-refractivity contribution in [2.24, 2.45) is 11.8 Å². The van der Waals surface area contributed by atoms with Gasteiger partial charge >= 0.3 is 5.97 Å². The molecular formula is C16H22N2O2S. The summed E-state index contributed by atoms with van der Waals surface area (Å²) >= 11 is 1.50. The van der Waals surface area contributed by atoms with Crippen LogP contribution in [0.15, 0.2) is 0 Å². The lowest BCUT2D eigenvalue weighted by Gasteiger charge is -2.19. The first-order valence-corrected chi connectivity index (χ1v) is 8.77. The monoisotopic (exact) mass is 306 g/mol. The molecule has 0 bridgehead atoms. The lowest BCUT2D eigenvalue weighted by atomic mass is 10.1. The molecule has 3 aliphatic carbocycles. The van der Waals surface area contributed by atoms with Gasteiger partial charge in [0.15, 0.2) is 0 Å². The summed E-state index contributed by atoms with van der Waals surface area (Å²) in [5.41, 5.74) is 8.09. The Balaban J connectivity index is 1.64. The zero-order chi connectivity index (χ0) is 14.6. The van der Waals surface area contributed by atoms with Crippen molar-refractivity contribution in [3.63, 3.8) is 0 Å². The van der Waals surface area contributed by atoms with Crippen LogP contribution in [0.25, 0.3) is 0 Å². The lowest BCUT2D eigenvalue weighted by Crippen LogP contribution is -2.24. The van der Waals surface area contributed by atoms with Gasteiger partial charge in [-0.1, -0.05) is 0 Å². The number of carbonyl (C=O) groups is 1. The van der Waals surface area contributed by atoms with Gasteiger partial charge in [0.2, 0.25) is 0 Å². The zero-order valence-corrected chi connectivity index (χ0v) is 13.2. The van der Waals surface area contributed by atoms with Crippen LogP contribution >= 0.6 is 11.3 Å². The third-order valence-corrected chi connectivity index (χ3v) is 6.03. The molecule has 3 saturated carbocycles. The number of methoxy groups -OCH3 is 1. The first-order chi connectivity index (χ1) is 10.2. The van der Waals surface area contributed by atoms with Crippen molar-refractivity contribution in [2.45, 2.75) is 50.5 Å². The molecule has 0 atom stereocenters. The average Bonchev–Trinajstić information content (AvgIpc) is 3.35. The Morgan fingerprint density at radius 2 is 1.86 bits per heavy atom. The molecule has 0 radical (unpaired) electrons. The topological polar surface area (TPSA) is 64.3 Å². The summed E-state index contributed by atoms with van der Waals surface area (Å²) in [5, 5.41) is 4.90. The number of hydrogen-bond acceptors (Lipinski definition) is 5. The van der Waals surface area contributed by atoms with Crippen LogP contribution in [-0.2, 0) is 4.74 Å². The summed E-state index contributed by atoms with van der Waals surface area (Å²) < 4.78 is 4.87. The number of thiophene rings is 1. The molecule has 3 aliphatic rings. The normalized spacial score (nSPS) is 21.6. The maximum Gasteiger partial charge on any atom is 0.350 e. The molecule has 21 heavy (non-hydrogen) atoms. The second-order valence-corrected chi connectivity index (χ2v) is 7.72. The van der Waals surface area contributed by atoms with Crippen LogP contribution in [-0.4, -0.2) is 19.1 Å². The summed E-state index contributed by atoms with van der Waals surface area (Å²) in [6, 6.07) is 0.589. The second kappa shape index (κ2) is 4.90. The number of rotatable bonds is 6. The third kappa shape index (κ3) is 2.52. The Morgan fingerprint density at radius 1 is 1.24 bits per heavy atom. The van der Waals surface area contributed by atoms with Crippen LogP contribution in [0.4, 0.5) is 10.7 Å². The van der Waals surface area contributed by atoms with E-state index in [4.69, 9.17) is 10.5 Å². The maximum absolute atomic E-state index is 11.9. The van der Waals surface area contributed by atoms with Crippen LogP contribution in [0, 0.1) is 11.8 Å². The van der Waals surface area contributed by atoms with Gasteiger partial charge in [0.05, 0.1) is 17.8 Å². The van der Waals surface area contributed by atoms with E-state index >= 15 is 0 Å². The molecule has 1 heterocycles. The second-order valence-electron chi connectivity index (χ2n) is 6.70. The number of hydrogen-bond donors (Lipinski definition) is 2. The number of carbonyl (C=O) groups excluding carboxylic acids is 1. The summed E-state index contributed by atoms with van der Waals surface area (Å²) in [6.45, 7) is 0. The first-order valence-electron chi connectivity index (χ1n) is 7.96. The van der Waals surface area contributed by atoms with Crippen LogP contribution in [0.3, 0.4) is 0 Å². The molecule has 4 nitrogen and oxygen atoms in total. The fourth-order valence-electron chi connectivity index (χ4n) is 3.27. The summed E-state index contributed by atoms with van der Waals surface area (Å²) in [7, 11) is 1.42. The highest BCUT2D eigenvalue weighted by Gasteiger charge is 2.43. The third-order valence-electron chi connectivity index (χ3n) is 4.90. The smallest absolute Gasteiger partial charge is 0.350 e. The van der Waals surface area contributed by atoms with Gasteiger partial charge in [0.1, 0.15) is 4.88 Å². The van der Waals surface area contributed by atoms with E-state index in [1.165, 1.54) is 62.5 Å². The Kier molecular flexibility index (Phi) is 3.14. The summed E-state index contributed by atoms with van der Waals surface area (Å²) in [5.74, 6) is 1.90. The molecule has 0 unspecified atom stereocenters. The molecular weight excluding hydrogens is 284 g/mol. The van der Waals surface area contributed by atoms with Crippen molar-refractivity contribution in [1.82, 2.24) is 0 Å². The van der Waals surface area contributed by atoms with Crippen molar-refractivity contribution in [3.05, 3.63) is 10.4 Å². The van der Waals surface area contributed by atoms with Crippen LogP contribution in [0.2, 0.25) is 0 Å². The predicted octanol–water partition coefficient (Wildman–Crippen LogP) is 3.59. The minimum Gasteiger partial charge on any atom is -0.465 e. The molecule has 0 amide bonds. The van der Waals surface area contributed by atoms with Crippen molar-refractivity contribution < 1.29 is 9.53 Å². The van der Waals surface area contributed by atoms with Gasteiger partial charge in [-0.05, 0) is 56.3 Å². The number of anilines is 2. The van der Waals surface area contributed by atoms with Gasteiger partial charge in [0, 0.05) is 11.6 Å². The SMILES string of the molecule is COC(=O)c1sc(NC(C2CC2)C2CC2)c(C2CC2)c1N. The molecule has 1 aromatic heterocycles. The molecule has 0 saturated heterocycles. The number of nitrogen functional groups attached to an aromatic ring is 1. The standard InChI is InChI=1S/C16H22N2O2S/c1-20-16(19)14-12(17)11(8-2-3-8)15(21-14)18-13(9-4-5-9)10-6-7-10/h8-10,13,18H,2-7,17H2,1H3. The zero-order valence-electron chi connectivity index (χ0n) is 12.4. The Bertz CT molecular complexity index is 559. The quantitative estimate of drug-likeness (QED) is 0.788. The van der Waals surface area contributed by atoms with Crippen molar-refractivity contribution >= 4 is 28.0 Å². The maximum atomic E-state index is 11.9. The highest BCUT2D eigenvalue weighted by atomic mass is 32.1. The molecule has 1 aromatic rings. The molecule has 3 N–H and O–H groups in total. The minimum absolute atomic E-state index is 0.304. The van der Waals surface area contributed by atoms with Crippen LogP contribution in [0.1, 0.15) is 59.7 Å². The van der Waals surface area contributed by atoms with Crippen LogP contribution < -0.4 is 11.1 Å². The fourth-order valence-corrected chi connectivity index (χ4v) is 4.44. The minimum atomic E-state index is -0.304. The average molecular weight is 306 g/mol. The van der Waals surface area contributed by atoms with E-state index in [0.29, 0.717) is 22.5 Å². The molecule has 0 aliphatic heterocycles. The van der Waals surface area contributed by atoms with Gasteiger partial charge in [-0.15, -0.1) is 11.3 Å². The Morgan fingerprint density at radius 3 is 2.33 bits per heavy atom. The number of nitrogens with two attached hydrogens (primary N) is 1. The van der Waals surface area contributed by atoms with Gasteiger partial charge in [-0.3, -0.25) is 0 Å². The van der Waals surface area contributed by atoms with Gasteiger partial charge in [-0.25, -0.2) is 4.79 Å². The van der Waals surface area contributed by atoms with E-state index in [2.05, 4.69) is 5.32 Å². The highest BCUT2D eigenvalue weighted by Crippen LogP contribution is 2.53. The van der Waals surface area contributed by atoms with Crippen LogP contribution in [0.5, 0.6) is 0 Å². The molecule has 114 valence electrons. The van der Waals surface area contributed by atoms with E-state index in [0.717, 1.165) is 16.8 Å². The summed E-state index contributed by atoms with van der Waals surface area (Å²) in [4.78, 5) is 12.5. The van der Waals surface area contributed by atoms with Crippen molar-refractivity contribution in [2.75, 3.05) is 18.2 Å². The largest absolute Gasteiger partial charge is 0.465 e. The predicted molar refractivity (Wildman–Crippen MR) is 84.9 cm³/mol. The van der Waals surface area contributed by atoms with Gasteiger partial charge in [-0.2, -0.15) is 0 Å². The fraction of sp³-hybridized carbons (Fsp3) is 0.688. The molecule has 3 fully saturated rings. The first kappa shape index (κ1) is 13.4. The van der Waals surface area contributed by atoms with Gasteiger partial charge in [0.25, 0.3) is 0 Å². The van der Waals surface area contributed by atoms with E-state index in [9.17, 15) is 4.79 Å². The number of ether oxygens (including phenoxy) is 1. The van der Waals surface area contributed by atoms with E-state index in [1.807, 2.05) is 0 Å². The van der Waals surface area contributed by atoms with Crippen molar-refractivity contribution in [1.29, 1.82) is 0 Å². The number of nitrogens with one attached hydrogen (secondary N) is 1. The molecule has 0 spiro atoms. The van der Waals surface area contributed by atoms with E-state index in [1.54, 1.807) is 0 Å². The van der Waals surface area contributed by atoms with E-state index in [-0.39, 0.29) is 5.97 Å². The van der Waals surface area contributed by atoms with E-state index < -0.39 is 0 Å². The lowest BCUT2D eigenvalue weighted by molar-refractivity contribution is 0.0607.